The maximum Gasteiger partial charge on any atom is 0.303 e. The van der Waals surface area contributed by atoms with E-state index < -0.39 is 60.8 Å². The number of hydrogen-bond donors (Lipinski definition) is 0. The Labute approximate surface area is 222 Å². The molecule has 2 aliphatic heterocycles. The molecule has 0 unspecified atom stereocenters. The van der Waals surface area contributed by atoms with Crippen molar-refractivity contribution in [3.05, 3.63) is 29.8 Å². The van der Waals surface area contributed by atoms with Crippen LogP contribution in [0.25, 0.3) is 0 Å². The Bertz CT molecular complexity index is 931. The van der Waals surface area contributed by atoms with Crippen molar-refractivity contribution in [1.82, 2.24) is 0 Å². The largest absolute Gasteiger partial charge is 0.497 e. The minimum absolute atomic E-state index is 0.0574. The number of fused-ring (bicyclic) bond motifs is 1. The van der Waals surface area contributed by atoms with Gasteiger partial charge in [0.2, 0.25) is 0 Å². The quantitative estimate of drug-likeness (QED) is 0.305. The van der Waals surface area contributed by atoms with Crippen LogP contribution in [0.15, 0.2) is 24.3 Å². The zero-order chi connectivity index (χ0) is 27.8. The molecule has 2 heterocycles. The number of rotatable bonds is 11. The molecule has 38 heavy (non-hydrogen) atoms. The first kappa shape index (κ1) is 29.8. The van der Waals surface area contributed by atoms with Crippen LogP contribution in [0.2, 0.25) is 0 Å². The van der Waals surface area contributed by atoms with E-state index >= 15 is 0 Å². The van der Waals surface area contributed by atoms with Gasteiger partial charge in [-0.1, -0.05) is 12.1 Å². The van der Waals surface area contributed by atoms with Gasteiger partial charge < -0.3 is 37.9 Å². The molecule has 0 radical (unpaired) electrons. The number of methoxy groups -OCH3 is 1. The van der Waals surface area contributed by atoms with Crippen LogP contribution in [0.3, 0.4) is 0 Å². The Kier molecular flexibility index (Phi) is 10.9. The standard InChI is InChI=1S/C27H38O11/c1-15(2)33-23-12-11-21-24(38-23)26(35-17(4)29)27(36-18(5)30)25(37-21)22(34-16(3)28)14-32-13-19-7-9-20(31-6)10-8-19/h7-10,15,21-27H,11-14H2,1-6H3/t21-,22-,23-,24-,25-,26-,27+/m0/s1. The molecule has 11 heteroatoms. The lowest BCUT2D eigenvalue weighted by atomic mass is 9.88. The molecule has 0 aromatic heterocycles. The van der Waals surface area contributed by atoms with Crippen LogP contribution in [-0.4, -0.2) is 80.6 Å². The molecule has 1 aromatic rings. The van der Waals surface area contributed by atoms with E-state index in [9.17, 15) is 14.4 Å². The van der Waals surface area contributed by atoms with Crippen molar-refractivity contribution >= 4 is 17.9 Å². The average molecular weight is 539 g/mol. The summed E-state index contributed by atoms with van der Waals surface area (Å²) in [5.41, 5.74) is 0.878. The third kappa shape index (κ3) is 8.39. The van der Waals surface area contributed by atoms with Crippen molar-refractivity contribution in [1.29, 1.82) is 0 Å². The van der Waals surface area contributed by atoms with Crippen molar-refractivity contribution in [3.8, 4) is 5.75 Å². The Balaban J connectivity index is 1.83. The zero-order valence-corrected chi connectivity index (χ0v) is 22.7. The van der Waals surface area contributed by atoms with Crippen molar-refractivity contribution < 1.29 is 52.3 Å². The summed E-state index contributed by atoms with van der Waals surface area (Å²) < 4.78 is 46.2. The van der Waals surface area contributed by atoms with E-state index in [-0.39, 0.29) is 19.3 Å². The fourth-order valence-corrected chi connectivity index (χ4v) is 4.66. The molecule has 3 rings (SSSR count). The number of carbonyl (C=O) groups is 3. The van der Waals surface area contributed by atoms with Gasteiger partial charge in [0, 0.05) is 27.2 Å². The first-order chi connectivity index (χ1) is 18.1. The lowest BCUT2D eigenvalue weighted by molar-refractivity contribution is -0.318. The van der Waals surface area contributed by atoms with Gasteiger partial charge in [0.1, 0.15) is 18.0 Å². The second-order valence-corrected chi connectivity index (χ2v) is 9.59. The minimum Gasteiger partial charge on any atom is -0.497 e. The highest BCUT2D eigenvalue weighted by atomic mass is 16.7. The smallest absolute Gasteiger partial charge is 0.303 e. The lowest BCUT2D eigenvalue weighted by Crippen LogP contribution is -2.66. The second-order valence-electron chi connectivity index (χ2n) is 9.59. The molecule has 0 bridgehead atoms. The summed E-state index contributed by atoms with van der Waals surface area (Å²) in [6.07, 6.45) is -4.90. The van der Waals surface area contributed by atoms with E-state index in [4.69, 9.17) is 37.9 Å². The van der Waals surface area contributed by atoms with E-state index in [1.54, 1.807) is 7.11 Å². The molecule has 7 atom stereocenters. The number of esters is 3. The molecule has 0 saturated carbocycles. The molecule has 2 aliphatic rings. The first-order valence-corrected chi connectivity index (χ1v) is 12.8. The van der Waals surface area contributed by atoms with Gasteiger partial charge in [0.05, 0.1) is 32.5 Å². The summed E-state index contributed by atoms with van der Waals surface area (Å²) in [6.45, 7) is 7.72. The summed E-state index contributed by atoms with van der Waals surface area (Å²) in [6, 6.07) is 7.34. The molecule has 1 aromatic carbocycles. The van der Waals surface area contributed by atoms with E-state index in [1.165, 1.54) is 20.8 Å². The van der Waals surface area contributed by atoms with Crippen molar-refractivity contribution in [2.24, 2.45) is 0 Å². The molecule has 0 N–H and O–H groups in total. The van der Waals surface area contributed by atoms with Gasteiger partial charge in [-0.05, 0) is 38.0 Å². The minimum atomic E-state index is -1.12. The number of carbonyl (C=O) groups excluding carboxylic acids is 3. The monoisotopic (exact) mass is 538 g/mol. The van der Waals surface area contributed by atoms with E-state index in [0.717, 1.165) is 5.56 Å². The number of benzene rings is 1. The van der Waals surface area contributed by atoms with Crippen LogP contribution in [0.4, 0.5) is 0 Å². The van der Waals surface area contributed by atoms with Crippen molar-refractivity contribution in [3.63, 3.8) is 0 Å². The van der Waals surface area contributed by atoms with Gasteiger partial charge in [-0.3, -0.25) is 14.4 Å². The van der Waals surface area contributed by atoms with Crippen LogP contribution in [0.5, 0.6) is 5.75 Å². The summed E-state index contributed by atoms with van der Waals surface area (Å²) in [4.78, 5) is 36.3. The maximum absolute atomic E-state index is 12.1. The Hall–Kier alpha value is -2.73. The van der Waals surface area contributed by atoms with Gasteiger partial charge in [-0.25, -0.2) is 0 Å². The molecule has 11 nitrogen and oxygen atoms in total. The Morgan fingerprint density at radius 1 is 0.921 bits per heavy atom. The SMILES string of the molecule is COc1ccc(COC[C@H](OC(C)=O)[C@@H]2O[C@H]3CC[C@@H](OC(C)C)O[C@@H]3[C@H](OC(C)=O)[C@@H]2OC(C)=O)cc1. The highest BCUT2D eigenvalue weighted by Gasteiger charge is 2.55. The van der Waals surface area contributed by atoms with Crippen molar-refractivity contribution in [2.45, 2.75) is 103 Å². The fourth-order valence-electron chi connectivity index (χ4n) is 4.66. The average Bonchev–Trinajstić information content (AvgIpc) is 2.84. The summed E-state index contributed by atoms with van der Waals surface area (Å²) in [7, 11) is 1.58. The summed E-state index contributed by atoms with van der Waals surface area (Å²) in [5, 5.41) is 0. The Morgan fingerprint density at radius 2 is 1.58 bits per heavy atom. The Morgan fingerprint density at radius 3 is 2.16 bits per heavy atom. The highest BCUT2D eigenvalue weighted by molar-refractivity contribution is 5.68. The van der Waals surface area contributed by atoms with Crippen LogP contribution in [-0.2, 0) is 54.1 Å². The third-order valence-electron chi connectivity index (χ3n) is 6.09. The fraction of sp³-hybridized carbons (Fsp3) is 0.667. The molecule has 212 valence electrons. The molecule has 2 saturated heterocycles. The predicted octanol–water partition coefficient (Wildman–Crippen LogP) is 2.70. The highest BCUT2D eigenvalue weighted by Crippen LogP contribution is 2.37. The lowest BCUT2D eigenvalue weighted by Gasteiger charge is -2.49. The molecule has 0 aliphatic carbocycles. The van der Waals surface area contributed by atoms with Gasteiger partial charge in [-0.15, -0.1) is 0 Å². The normalized spacial score (nSPS) is 27.7. The first-order valence-electron chi connectivity index (χ1n) is 12.8. The van der Waals surface area contributed by atoms with Gasteiger partial charge in [0.25, 0.3) is 0 Å². The predicted molar refractivity (Wildman–Crippen MR) is 132 cm³/mol. The maximum atomic E-state index is 12.1. The van der Waals surface area contributed by atoms with Crippen LogP contribution >= 0.6 is 0 Å². The molecule has 0 spiro atoms. The number of hydrogen-bond acceptors (Lipinski definition) is 11. The molecular weight excluding hydrogens is 500 g/mol. The van der Waals surface area contributed by atoms with Gasteiger partial charge >= 0.3 is 17.9 Å². The molecule has 0 amide bonds. The summed E-state index contributed by atoms with van der Waals surface area (Å²) >= 11 is 0. The second kappa shape index (κ2) is 13.9. The van der Waals surface area contributed by atoms with Gasteiger partial charge in [0.15, 0.2) is 24.6 Å². The van der Waals surface area contributed by atoms with E-state index in [0.29, 0.717) is 18.6 Å². The van der Waals surface area contributed by atoms with Crippen LogP contribution in [0, 0.1) is 0 Å². The third-order valence-corrected chi connectivity index (χ3v) is 6.09. The van der Waals surface area contributed by atoms with Gasteiger partial charge in [-0.2, -0.15) is 0 Å². The topological polar surface area (TPSA) is 125 Å². The molecular formula is C27H38O11. The van der Waals surface area contributed by atoms with Crippen LogP contribution in [0.1, 0.15) is 53.0 Å². The van der Waals surface area contributed by atoms with Crippen LogP contribution < -0.4 is 4.74 Å². The molecule has 2 fully saturated rings. The van der Waals surface area contributed by atoms with Crippen molar-refractivity contribution in [2.75, 3.05) is 13.7 Å². The zero-order valence-electron chi connectivity index (χ0n) is 22.7. The van der Waals surface area contributed by atoms with E-state index in [1.807, 2.05) is 38.1 Å². The summed E-state index contributed by atoms with van der Waals surface area (Å²) in [5.74, 6) is -1.05. The van der Waals surface area contributed by atoms with E-state index in [2.05, 4.69) is 0 Å². The number of ether oxygens (including phenoxy) is 8.